The van der Waals surface area contributed by atoms with E-state index in [1.54, 1.807) is 11.1 Å². The molecule has 0 aromatic rings. The first-order valence-corrected chi connectivity index (χ1v) is 7.32. The van der Waals surface area contributed by atoms with Gasteiger partial charge >= 0.3 is 0 Å². The largest absolute Gasteiger partial charge is 0.0844 e. The summed E-state index contributed by atoms with van der Waals surface area (Å²) in [5, 5.41) is 0. The summed E-state index contributed by atoms with van der Waals surface area (Å²) in [5.74, 6) is 3.60. The van der Waals surface area contributed by atoms with E-state index in [2.05, 4.69) is 30.7 Å². The van der Waals surface area contributed by atoms with Crippen LogP contribution in [0.15, 0.2) is 35.5 Å². The predicted octanol–water partition coefficient (Wildman–Crippen LogP) is 4.46. The molecule has 4 rings (SSSR count). The second-order valence-corrected chi connectivity index (χ2v) is 6.20. The summed E-state index contributed by atoms with van der Waals surface area (Å²) in [6, 6.07) is 0. The van der Waals surface area contributed by atoms with Crippen molar-refractivity contribution in [1.82, 2.24) is 0 Å². The lowest BCUT2D eigenvalue weighted by Gasteiger charge is -2.46. The molecule has 2 saturated carbocycles. The van der Waals surface area contributed by atoms with E-state index < -0.39 is 0 Å². The summed E-state index contributed by atoms with van der Waals surface area (Å²) in [7, 11) is 0. The zero-order valence-corrected chi connectivity index (χ0v) is 10.4. The number of fused-ring (bicyclic) bond motifs is 5. The van der Waals surface area contributed by atoms with E-state index in [1.807, 2.05) is 0 Å². The van der Waals surface area contributed by atoms with Crippen LogP contribution in [-0.2, 0) is 0 Å². The predicted molar refractivity (Wildman–Crippen MR) is 71.3 cm³/mol. The Morgan fingerprint density at radius 3 is 3.06 bits per heavy atom. The van der Waals surface area contributed by atoms with Crippen LogP contribution in [0, 0.1) is 30.1 Å². The zero-order valence-electron chi connectivity index (χ0n) is 10.4. The average Bonchev–Trinajstić information content (AvgIpc) is 2.86. The molecule has 89 valence electrons. The molecule has 0 nitrogen and oxygen atoms in total. The van der Waals surface area contributed by atoms with E-state index >= 15 is 0 Å². The minimum absolute atomic E-state index is 0.807. The summed E-state index contributed by atoms with van der Waals surface area (Å²) in [4.78, 5) is 0. The lowest BCUT2D eigenvalue weighted by molar-refractivity contribution is 0.184. The first kappa shape index (κ1) is 10.2. The number of hydrogen-bond acceptors (Lipinski definition) is 0. The number of allylic oxidation sites excluding steroid dienone is 6. The molecular formula is C17H21. The third-order valence-electron chi connectivity index (χ3n) is 5.51. The highest BCUT2D eigenvalue weighted by Crippen LogP contribution is 2.52. The SMILES string of the molecule is [CH]1CCC2C(=CCC3C4=CC=CC4CCC23)C1. The molecule has 0 heterocycles. The van der Waals surface area contributed by atoms with Crippen LogP contribution in [0.1, 0.15) is 38.5 Å². The van der Waals surface area contributed by atoms with Crippen LogP contribution in [0.2, 0.25) is 0 Å². The van der Waals surface area contributed by atoms with Crippen molar-refractivity contribution in [3.8, 4) is 0 Å². The Morgan fingerprint density at radius 1 is 1.06 bits per heavy atom. The molecule has 0 N–H and O–H groups in total. The summed E-state index contributed by atoms with van der Waals surface area (Å²) >= 11 is 0. The molecule has 17 heavy (non-hydrogen) atoms. The third kappa shape index (κ3) is 1.49. The Labute approximate surface area is 104 Å². The van der Waals surface area contributed by atoms with Gasteiger partial charge in [0.1, 0.15) is 0 Å². The normalized spacial score (nSPS) is 43.3. The van der Waals surface area contributed by atoms with Gasteiger partial charge in [0.15, 0.2) is 0 Å². The summed E-state index contributed by atoms with van der Waals surface area (Å²) < 4.78 is 0. The second kappa shape index (κ2) is 3.86. The van der Waals surface area contributed by atoms with Gasteiger partial charge in [-0.3, -0.25) is 0 Å². The molecule has 1 radical (unpaired) electrons. The molecule has 0 saturated heterocycles. The Balaban J connectivity index is 1.67. The van der Waals surface area contributed by atoms with Crippen LogP contribution < -0.4 is 0 Å². The van der Waals surface area contributed by atoms with E-state index in [4.69, 9.17) is 0 Å². The number of hydrogen-bond donors (Lipinski definition) is 0. The minimum atomic E-state index is 0.807. The molecule has 0 aromatic heterocycles. The maximum atomic E-state index is 2.59. The van der Waals surface area contributed by atoms with Gasteiger partial charge in [-0.15, -0.1) is 0 Å². The van der Waals surface area contributed by atoms with Gasteiger partial charge in [0.25, 0.3) is 0 Å². The maximum Gasteiger partial charge on any atom is -0.00139 e. The Bertz CT molecular complexity index is 410. The topological polar surface area (TPSA) is 0 Å². The first-order valence-electron chi connectivity index (χ1n) is 7.32. The highest BCUT2D eigenvalue weighted by molar-refractivity contribution is 5.34. The van der Waals surface area contributed by atoms with Crippen molar-refractivity contribution in [3.05, 3.63) is 41.9 Å². The van der Waals surface area contributed by atoms with E-state index in [1.165, 1.54) is 38.5 Å². The molecular weight excluding hydrogens is 204 g/mol. The molecule has 0 spiro atoms. The smallest absolute Gasteiger partial charge is 0.00139 e. The average molecular weight is 225 g/mol. The third-order valence-corrected chi connectivity index (χ3v) is 5.51. The van der Waals surface area contributed by atoms with Crippen LogP contribution in [0.4, 0.5) is 0 Å². The van der Waals surface area contributed by atoms with Gasteiger partial charge < -0.3 is 0 Å². The van der Waals surface area contributed by atoms with Crippen molar-refractivity contribution in [2.24, 2.45) is 23.7 Å². The van der Waals surface area contributed by atoms with Gasteiger partial charge in [-0.25, -0.2) is 0 Å². The number of rotatable bonds is 0. The quantitative estimate of drug-likeness (QED) is 0.534. The fourth-order valence-corrected chi connectivity index (χ4v) is 4.71. The lowest BCUT2D eigenvalue weighted by Crippen LogP contribution is -2.36. The molecule has 0 aliphatic heterocycles. The summed E-state index contributed by atoms with van der Waals surface area (Å²) in [6.45, 7) is 0. The zero-order chi connectivity index (χ0) is 11.2. The van der Waals surface area contributed by atoms with Crippen molar-refractivity contribution in [2.45, 2.75) is 38.5 Å². The van der Waals surface area contributed by atoms with Crippen molar-refractivity contribution in [1.29, 1.82) is 0 Å². The van der Waals surface area contributed by atoms with Gasteiger partial charge in [0, 0.05) is 0 Å². The lowest BCUT2D eigenvalue weighted by atomic mass is 9.59. The van der Waals surface area contributed by atoms with E-state index in [9.17, 15) is 0 Å². The molecule has 4 atom stereocenters. The summed E-state index contributed by atoms with van der Waals surface area (Å²) in [5.41, 5.74) is 3.55. The van der Waals surface area contributed by atoms with Crippen molar-refractivity contribution in [3.63, 3.8) is 0 Å². The highest BCUT2D eigenvalue weighted by Gasteiger charge is 2.41. The van der Waals surface area contributed by atoms with Crippen LogP contribution in [0.5, 0.6) is 0 Å². The van der Waals surface area contributed by atoms with Crippen molar-refractivity contribution < 1.29 is 0 Å². The molecule has 0 bridgehead atoms. The fraction of sp³-hybridized carbons (Fsp3) is 0.588. The van der Waals surface area contributed by atoms with Crippen LogP contribution >= 0.6 is 0 Å². The van der Waals surface area contributed by atoms with Gasteiger partial charge in [-0.05, 0) is 68.6 Å². The van der Waals surface area contributed by atoms with Gasteiger partial charge in [-0.2, -0.15) is 0 Å². The molecule has 2 fully saturated rings. The second-order valence-electron chi connectivity index (χ2n) is 6.20. The highest BCUT2D eigenvalue weighted by atomic mass is 14.5. The van der Waals surface area contributed by atoms with Crippen LogP contribution in [0.3, 0.4) is 0 Å². The molecule has 4 aliphatic carbocycles. The molecule has 0 aromatic carbocycles. The van der Waals surface area contributed by atoms with Crippen molar-refractivity contribution in [2.75, 3.05) is 0 Å². The van der Waals surface area contributed by atoms with Gasteiger partial charge in [-0.1, -0.05) is 35.5 Å². The Morgan fingerprint density at radius 2 is 2.06 bits per heavy atom. The Hall–Kier alpha value is -0.780. The molecule has 0 amide bonds. The summed E-state index contributed by atoms with van der Waals surface area (Å²) in [6.07, 6.45) is 20.5. The monoisotopic (exact) mass is 225 g/mol. The molecule has 4 aliphatic rings. The van der Waals surface area contributed by atoms with Crippen LogP contribution in [0.25, 0.3) is 0 Å². The van der Waals surface area contributed by atoms with E-state index in [0.717, 1.165) is 23.7 Å². The van der Waals surface area contributed by atoms with Crippen LogP contribution in [-0.4, -0.2) is 0 Å². The molecule has 0 heteroatoms. The van der Waals surface area contributed by atoms with Gasteiger partial charge in [0.05, 0.1) is 0 Å². The maximum absolute atomic E-state index is 2.59. The van der Waals surface area contributed by atoms with Crippen molar-refractivity contribution >= 4 is 0 Å². The standard InChI is InChI=1S/C17H21/c1-2-6-14-12(4-1)8-10-17-15-7-3-5-13(15)9-11-16(14)17/h1,3,5,7-8,13-14,16-17H,2,4,6,9-11H2. The van der Waals surface area contributed by atoms with E-state index in [-0.39, 0.29) is 0 Å². The minimum Gasteiger partial charge on any atom is -0.0844 e. The van der Waals surface area contributed by atoms with E-state index in [0.29, 0.717) is 0 Å². The first-order chi connectivity index (χ1) is 8.43. The Kier molecular flexibility index (Phi) is 2.31. The fourth-order valence-electron chi connectivity index (χ4n) is 4.71. The van der Waals surface area contributed by atoms with Gasteiger partial charge in [0.2, 0.25) is 0 Å². The molecule has 4 unspecified atom stereocenters.